The van der Waals surface area contributed by atoms with E-state index in [1.807, 2.05) is 4.90 Å². The maximum Gasteiger partial charge on any atom is 0.249 e. The topological polar surface area (TPSA) is 110 Å². The number of hydrogen-bond acceptors (Lipinski definition) is 6. The zero-order valence-corrected chi connectivity index (χ0v) is 17.3. The van der Waals surface area contributed by atoms with E-state index < -0.39 is 0 Å². The number of rotatable bonds is 8. The fraction of sp³-hybridized carbons (Fsp3) is 0.737. The molecule has 0 saturated carbocycles. The Hall–Kier alpha value is -2.49. The first-order chi connectivity index (χ1) is 13.9. The van der Waals surface area contributed by atoms with Gasteiger partial charge in [0.2, 0.25) is 17.7 Å². The molecule has 29 heavy (non-hydrogen) atoms. The minimum atomic E-state index is -0.278. The van der Waals surface area contributed by atoms with Crippen molar-refractivity contribution in [1.29, 1.82) is 0 Å². The van der Waals surface area contributed by atoms with Gasteiger partial charge in [-0.1, -0.05) is 13.8 Å². The fourth-order valence-electron chi connectivity index (χ4n) is 4.36. The van der Waals surface area contributed by atoms with Crippen LogP contribution in [0.4, 0.5) is 0 Å². The summed E-state index contributed by atoms with van der Waals surface area (Å²) in [7, 11) is 1.46. The third-order valence-corrected chi connectivity index (χ3v) is 5.56. The van der Waals surface area contributed by atoms with E-state index in [0.29, 0.717) is 32.0 Å². The van der Waals surface area contributed by atoms with Crippen molar-refractivity contribution in [3.63, 3.8) is 0 Å². The quantitative estimate of drug-likeness (QED) is 0.624. The molecular formula is C19H30N6O4. The van der Waals surface area contributed by atoms with Gasteiger partial charge in [-0.05, 0) is 18.8 Å². The molecule has 0 bridgehead atoms. The zero-order chi connectivity index (χ0) is 21.0. The molecule has 3 heterocycles. The van der Waals surface area contributed by atoms with Gasteiger partial charge < -0.3 is 19.9 Å². The Labute approximate surface area is 170 Å². The van der Waals surface area contributed by atoms with E-state index in [2.05, 4.69) is 29.2 Å². The number of nitrogens with one attached hydrogen (secondary N) is 1. The van der Waals surface area contributed by atoms with Crippen LogP contribution < -0.4 is 5.32 Å². The van der Waals surface area contributed by atoms with Gasteiger partial charge in [0.05, 0.1) is 25.0 Å². The molecule has 0 spiro atoms. The van der Waals surface area contributed by atoms with Crippen LogP contribution in [-0.4, -0.2) is 87.7 Å². The molecule has 2 fully saturated rings. The smallest absolute Gasteiger partial charge is 0.249 e. The number of aromatic nitrogens is 3. The predicted octanol–water partition coefficient (Wildman–Crippen LogP) is -0.485. The highest BCUT2D eigenvalue weighted by atomic mass is 16.5. The molecule has 0 unspecified atom stereocenters. The third-order valence-electron chi connectivity index (χ3n) is 5.56. The van der Waals surface area contributed by atoms with Gasteiger partial charge in [-0.3, -0.25) is 19.1 Å². The lowest BCUT2D eigenvalue weighted by molar-refractivity contribution is -0.151. The average molecular weight is 406 g/mol. The first-order valence-corrected chi connectivity index (χ1v) is 10.1. The monoisotopic (exact) mass is 406 g/mol. The van der Waals surface area contributed by atoms with Crippen molar-refractivity contribution in [2.24, 2.45) is 11.8 Å². The van der Waals surface area contributed by atoms with Crippen molar-refractivity contribution in [3.8, 4) is 0 Å². The number of carbonyl (C=O) groups excluding carboxylic acids is 3. The Bertz CT molecular complexity index is 722. The molecular weight excluding hydrogens is 376 g/mol. The lowest BCUT2D eigenvalue weighted by Gasteiger charge is -2.40. The summed E-state index contributed by atoms with van der Waals surface area (Å²) in [4.78, 5) is 45.3. The minimum absolute atomic E-state index is 0.0401. The summed E-state index contributed by atoms with van der Waals surface area (Å²) in [5.41, 5.74) is 0. The van der Waals surface area contributed by atoms with Crippen molar-refractivity contribution in [3.05, 3.63) is 12.7 Å². The van der Waals surface area contributed by atoms with E-state index in [0.717, 1.165) is 6.42 Å². The van der Waals surface area contributed by atoms with Crippen molar-refractivity contribution in [2.45, 2.75) is 45.3 Å². The van der Waals surface area contributed by atoms with Gasteiger partial charge in [-0.2, -0.15) is 5.10 Å². The van der Waals surface area contributed by atoms with Crippen molar-refractivity contribution >= 4 is 17.7 Å². The second kappa shape index (κ2) is 9.34. The molecule has 0 aliphatic carbocycles. The lowest BCUT2D eigenvalue weighted by atomic mass is 9.91. The summed E-state index contributed by atoms with van der Waals surface area (Å²) < 4.78 is 6.58. The Balaban J connectivity index is 1.67. The molecule has 3 atom stereocenters. The van der Waals surface area contributed by atoms with Gasteiger partial charge in [0.25, 0.3) is 0 Å². The first-order valence-electron chi connectivity index (χ1n) is 10.1. The predicted molar refractivity (Wildman–Crippen MR) is 103 cm³/mol. The molecule has 0 radical (unpaired) electrons. The molecule has 1 aromatic heterocycles. The summed E-state index contributed by atoms with van der Waals surface area (Å²) in [5.74, 6) is -0.256. The molecule has 3 rings (SSSR count). The van der Waals surface area contributed by atoms with E-state index in [4.69, 9.17) is 4.74 Å². The molecule has 3 amide bonds. The van der Waals surface area contributed by atoms with E-state index in [-0.39, 0.29) is 48.9 Å². The molecule has 1 N–H and O–H groups in total. The zero-order valence-electron chi connectivity index (χ0n) is 17.3. The highest BCUT2D eigenvalue weighted by molar-refractivity contribution is 5.89. The normalized spacial score (nSPS) is 24.1. The van der Waals surface area contributed by atoms with Gasteiger partial charge >= 0.3 is 0 Å². The van der Waals surface area contributed by atoms with E-state index >= 15 is 0 Å². The molecule has 10 nitrogen and oxygen atoms in total. The van der Waals surface area contributed by atoms with Crippen LogP contribution in [0.3, 0.4) is 0 Å². The largest absolute Gasteiger partial charge is 0.375 e. The molecule has 0 aromatic carbocycles. The third kappa shape index (κ3) is 4.92. The summed E-state index contributed by atoms with van der Waals surface area (Å²) >= 11 is 0. The van der Waals surface area contributed by atoms with Crippen molar-refractivity contribution in [1.82, 2.24) is 29.9 Å². The summed E-state index contributed by atoms with van der Waals surface area (Å²) in [6.07, 6.45) is 4.38. The Morgan fingerprint density at radius 2 is 2.17 bits per heavy atom. The maximum atomic E-state index is 12.9. The average Bonchev–Trinajstić information content (AvgIpc) is 3.29. The van der Waals surface area contributed by atoms with Crippen molar-refractivity contribution < 1.29 is 19.1 Å². The molecule has 10 heteroatoms. The second-order valence-electron chi connectivity index (χ2n) is 8.15. The van der Waals surface area contributed by atoms with Crippen LogP contribution in [0.15, 0.2) is 12.7 Å². The number of piperazine rings is 1. The second-order valence-corrected chi connectivity index (χ2v) is 8.15. The van der Waals surface area contributed by atoms with Gasteiger partial charge in [0.15, 0.2) is 0 Å². The number of carbonyl (C=O) groups is 3. The maximum absolute atomic E-state index is 12.9. The van der Waals surface area contributed by atoms with Crippen LogP contribution in [0.1, 0.15) is 26.7 Å². The summed E-state index contributed by atoms with van der Waals surface area (Å²) in [6.45, 7) is 5.63. The van der Waals surface area contributed by atoms with Crippen molar-refractivity contribution in [2.75, 3.05) is 33.4 Å². The number of ether oxygens (including phenoxy) is 1. The molecule has 2 saturated heterocycles. The fourth-order valence-corrected chi connectivity index (χ4v) is 4.36. The Morgan fingerprint density at radius 3 is 2.83 bits per heavy atom. The number of hydrogen-bond donors (Lipinski definition) is 1. The number of nitrogens with zero attached hydrogens (tertiary/aromatic N) is 5. The Morgan fingerprint density at radius 1 is 1.38 bits per heavy atom. The van der Waals surface area contributed by atoms with E-state index in [9.17, 15) is 14.4 Å². The minimum Gasteiger partial charge on any atom is -0.375 e. The van der Waals surface area contributed by atoms with Gasteiger partial charge in [0.1, 0.15) is 19.3 Å². The number of amides is 3. The van der Waals surface area contributed by atoms with Crippen LogP contribution in [0.2, 0.25) is 0 Å². The van der Waals surface area contributed by atoms with Gasteiger partial charge in [-0.15, -0.1) is 0 Å². The van der Waals surface area contributed by atoms with Gasteiger partial charge in [0, 0.05) is 26.2 Å². The van der Waals surface area contributed by atoms with E-state index in [1.54, 1.807) is 15.9 Å². The van der Waals surface area contributed by atoms with Crippen LogP contribution in [0, 0.1) is 11.8 Å². The first kappa shape index (κ1) is 21.2. The summed E-state index contributed by atoms with van der Waals surface area (Å²) in [6, 6.07) is -0.273. The van der Waals surface area contributed by atoms with Crippen LogP contribution in [0.5, 0.6) is 0 Å². The Kier molecular flexibility index (Phi) is 6.83. The molecule has 1 aromatic rings. The standard InChI is InChI=1S/C19H30N6O4/c1-13(2)6-16-15(19(28)21-4-5-24-12-20-11-22-24)7-14-8-23(18(27)10-29-3)9-17(26)25(14)16/h11-16H,4-10H2,1-3H3,(H,21,28)/t14-,15-,16-/m1/s1. The molecule has 2 aliphatic heterocycles. The summed E-state index contributed by atoms with van der Waals surface area (Å²) in [5, 5.41) is 7.01. The molecule has 160 valence electrons. The number of methoxy groups -OCH3 is 1. The number of fused-ring (bicyclic) bond motifs is 1. The van der Waals surface area contributed by atoms with Crippen LogP contribution in [-0.2, 0) is 25.7 Å². The molecule has 2 aliphatic rings. The van der Waals surface area contributed by atoms with Crippen LogP contribution >= 0.6 is 0 Å². The SMILES string of the molecule is COCC(=O)N1CC(=O)N2[C@H](C[C@@H](C(=O)NCCn3cncn3)[C@H]2CC(C)C)C1. The van der Waals surface area contributed by atoms with E-state index in [1.165, 1.54) is 13.4 Å². The highest BCUT2D eigenvalue weighted by Crippen LogP contribution is 2.36. The highest BCUT2D eigenvalue weighted by Gasteiger charge is 2.49. The lowest BCUT2D eigenvalue weighted by Crippen LogP contribution is -2.58. The van der Waals surface area contributed by atoms with Crippen LogP contribution in [0.25, 0.3) is 0 Å². The van der Waals surface area contributed by atoms with Gasteiger partial charge in [-0.25, -0.2) is 4.98 Å².